The van der Waals surface area contributed by atoms with Gasteiger partial charge in [-0.15, -0.1) is 0 Å². The van der Waals surface area contributed by atoms with E-state index < -0.39 is 0 Å². The van der Waals surface area contributed by atoms with Crippen LogP contribution in [0.15, 0.2) is 18.2 Å². The van der Waals surface area contributed by atoms with Gasteiger partial charge in [0.05, 0.1) is 6.61 Å². The fourth-order valence-corrected chi connectivity index (χ4v) is 1.87. The first-order valence-corrected chi connectivity index (χ1v) is 5.64. The van der Waals surface area contributed by atoms with Gasteiger partial charge in [-0.3, -0.25) is 0 Å². The van der Waals surface area contributed by atoms with Crippen molar-refractivity contribution in [1.82, 2.24) is 5.32 Å². The highest BCUT2D eigenvalue weighted by atomic mass is 35.5. The molecule has 1 rings (SSSR count). The van der Waals surface area contributed by atoms with Crippen LogP contribution in [-0.2, 0) is 11.2 Å². The molecule has 2 nitrogen and oxygen atoms in total. The van der Waals surface area contributed by atoms with Crippen molar-refractivity contribution >= 4 is 23.2 Å². The Kier molecular flexibility index (Phi) is 6.03. The number of benzene rings is 1. The Labute approximate surface area is 101 Å². The lowest BCUT2D eigenvalue weighted by Crippen LogP contribution is -2.21. The summed E-state index contributed by atoms with van der Waals surface area (Å²) < 4.78 is 4.93. The van der Waals surface area contributed by atoms with E-state index in [1.54, 1.807) is 7.11 Å². The van der Waals surface area contributed by atoms with E-state index in [1.807, 2.05) is 18.2 Å². The van der Waals surface area contributed by atoms with Crippen LogP contribution in [0.25, 0.3) is 0 Å². The fraction of sp³-hybridized carbons (Fsp3) is 0.455. The molecule has 0 amide bonds. The zero-order valence-corrected chi connectivity index (χ0v) is 10.2. The minimum atomic E-state index is 0.719. The Morgan fingerprint density at radius 2 is 1.87 bits per heavy atom. The van der Waals surface area contributed by atoms with Crippen LogP contribution in [0.5, 0.6) is 0 Å². The summed E-state index contributed by atoms with van der Waals surface area (Å²) in [4.78, 5) is 0. The predicted octanol–water partition coefficient (Wildman–Crippen LogP) is 2.77. The average Bonchev–Trinajstić information content (AvgIpc) is 2.21. The summed E-state index contributed by atoms with van der Waals surface area (Å²) in [7, 11) is 1.69. The van der Waals surface area contributed by atoms with E-state index in [0.29, 0.717) is 0 Å². The molecule has 0 saturated heterocycles. The highest BCUT2D eigenvalue weighted by Crippen LogP contribution is 2.24. The predicted molar refractivity (Wildman–Crippen MR) is 64.9 cm³/mol. The van der Waals surface area contributed by atoms with Crippen LogP contribution in [0.3, 0.4) is 0 Å². The molecule has 0 aromatic heterocycles. The summed E-state index contributed by atoms with van der Waals surface area (Å²) in [6, 6.07) is 5.57. The first-order chi connectivity index (χ1) is 7.25. The van der Waals surface area contributed by atoms with Gasteiger partial charge in [-0.1, -0.05) is 29.3 Å². The van der Waals surface area contributed by atoms with Crippen molar-refractivity contribution in [2.75, 3.05) is 26.8 Å². The van der Waals surface area contributed by atoms with Crippen LogP contribution in [-0.4, -0.2) is 26.8 Å². The number of nitrogens with one attached hydrogen (secondary N) is 1. The number of ether oxygens (including phenoxy) is 1. The molecular formula is C11H15Cl2NO. The number of hydrogen-bond acceptors (Lipinski definition) is 2. The molecular weight excluding hydrogens is 233 g/mol. The first-order valence-electron chi connectivity index (χ1n) is 4.88. The fourth-order valence-electron chi connectivity index (χ4n) is 1.28. The zero-order valence-electron chi connectivity index (χ0n) is 8.72. The summed E-state index contributed by atoms with van der Waals surface area (Å²) in [5.74, 6) is 0. The SMILES string of the molecule is COCCNCCc1c(Cl)cccc1Cl. The van der Waals surface area contributed by atoms with E-state index in [4.69, 9.17) is 27.9 Å². The van der Waals surface area contributed by atoms with Gasteiger partial charge in [0.15, 0.2) is 0 Å². The number of hydrogen-bond donors (Lipinski definition) is 1. The maximum atomic E-state index is 6.03. The molecule has 0 heterocycles. The molecule has 4 heteroatoms. The topological polar surface area (TPSA) is 21.3 Å². The second kappa shape index (κ2) is 7.07. The molecule has 0 atom stereocenters. The third kappa shape index (κ3) is 4.39. The number of rotatable bonds is 6. The van der Waals surface area contributed by atoms with Gasteiger partial charge in [0.1, 0.15) is 0 Å². The Bertz CT molecular complexity index is 284. The average molecular weight is 248 g/mol. The van der Waals surface area contributed by atoms with Gasteiger partial charge in [0.2, 0.25) is 0 Å². The second-order valence-corrected chi connectivity index (χ2v) is 4.01. The van der Waals surface area contributed by atoms with Gasteiger partial charge in [-0.05, 0) is 30.7 Å². The van der Waals surface area contributed by atoms with Crippen molar-refractivity contribution in [3.8, 4) is 0 Å². The maximum Gasteiger partial charge on any atom is 0.0587 e. The Balaban J connectivity index is 2.37. The molecule has 1 aromatic rings. The highest BCUT2D eigenvalue weighted by molar-refractivity contribution is 6.35. The lowest BCUT2D eigenvalue weighted by Gasteiger charge is -2.07. The molecule has 84 valence electrons. The van der Waals surface area contributed by atoms with Crippen LogP contribution in [0, 0.1) is 0 Å². The van der Waals surface area contributed by atoms with E-state index in [0.717, 1.165) is 41.7 Å². The van der Waals surface area contributed by atoms with Crippen LogP contribution >= 0.6 is 23.2 Å². The third-order valence-electron chi connectivity index (χ3n) is 2.10. The molecule has 0 unspecified atom stereocenters. The summed E-state index contributed by atoms with van der Waals surface area (Å²) in [5, 5.41) is 4.71. The minimum absolute atomic E-state index is 0.719. The largest absolute Gasteiger partial charge is 0.383 e. The van der Waals surface area contributed by atoms with Crippen molar-refractivity contribution in [2.24, 2.45) is 0 Å². The highest BCUT2D eigenvalue weighted by Gasteiger charge is 2.03. The van der Waals surface area contributed by atoms with Crippen LogP contribution in [0.2, 0.25) is 10.0 Å². The summed E-state index contributed by atoms with van der Waals surface area (Å²) in [5.41, 5.74) is 1.01. The second-order valence-electron chi connectivity index (χ2n) is 3.19. The zero-order chi connectivity index (χ0) is 11.1. The Morgan fingerprint density at radius 1 is 1.20 bits per heavy atom. The van der Waals surface area contributed by atoms with Crippen molar-refractivity contribution in [3.05, 3.63) is 33.8 Å². The summed E-state index contributed by atoms with van der Waals surface area (Å²) in [6.07, 6.45) is 0.836. The van der Waals surface area contributed by atoms with Gasteiger partial charge in [0.25, 0.3) is 0 Å². The Hall–Kier alpha value is -0.280. The molecule has 0 bridgehead atoms. The van der Waals surface area contributed by atoms with Gasteiger partial charge in [0, 0.05) is 23.7 Å². The van der Waals surface area contributed by atoms with Crippen LogP contribution in [0.4, 0.5) is 0 Å². The van der Waals surface area contributed by atoms with Crippen molar-refractivity contribution in [3.63, 3.8) is 0 Å². The van der Waals surface area contributed by atoms with E-state index in [1.165, 1.54) is 0 Å². The van der Waals surface area contributed by atoms with Gasteiger partial charge in [-0.2, -0.15) is 0 Å². The quantitative estimate of drug-likeness (QED) is 0.781. The molecule has 0 spiro atoms. The Morgan fingerprint density at radius 3 is 2.47 bits per heavy atom. The van der Waals surface area contributed by atoms with Gasteiger partial charge < -0.3 is 10.1 Å². The third-order valence-corrected chi connectivity index (χ3v) is 2.80. The van der Waals surface area contributed by atoms with Crippen molar-refractivity contribution in [2.45, 2.75) is 6.42 Å². The smallest absolute Gasteiger partial charge is 0.0587 e. The van der Waals surface area contributed by atoms with E-state index >= 15 is 0 Å². The molecule has 0 aliphatic rings. The molecule has 0 aliphatic carbocycles. The van der Waals surface area contributed by atoms with Crippen molar-refractivity contribution < 1.29 is 4.74 Å². The maximum absolute atomic E-state index is 6.03. The molecule has 15 heavy (non-hydrogen) atoms. The molecule has 0 saturated carbocycles. The first kappa shape index (κ1) is 12.8. The normalized spacial score (nSPS) is 10.6. The van der Waals surface area contributed by atoms with Crippen molar-refractivity contribution in [1.29, 1.82) is 0 Å². The molecule has 1 aromatic carbocycles. The summed E-state index contributed by atoms with van der Waals surface area (Å²) >= 11 is 12.1. The number of methoxy groups -OCH3 is 1. The van der Waals surface area contributed by atoms with E-state index in [9.17, 15) is 0 Å². The van der Waals surface area contributed by atoms with E-state index in [-0.39, 0.29) is 0 Å². The molecule has 0 radical (unpaired) electrons. The van der Waals surface area contributed by atoms with Crippen LogP contribution in [0.1, 0.15) is 5.56 Å². The van der Waals surface area contributed by atoms with E-state index in [2.05, 4.69) is 5.32 Å². The molecule has 0 aliphatic heterocycles. The van der Waals surface area contributed by atoms with Gasteiger partial charge >= 0.3 is 0 Å². The standard InChI is InChI=1S/C11H15Cl2NO/c1-15-8-7-14-6-5-9-10(12)3-2-4-11(9)13/h2-4,14H,5-8H2,1H3. The lowest BCUT2D eigenvalue weighted by molar-refractivity contribution is 0.199. The van der Waals surface area contributed by atoms with Crippen LogP contribution < -0.4 is 5.32 Å². The minimum Gasteiger partial charge on any atom is -0.383 e. The monoisotopic (exact) mass is 247 g/mol. The molecule has 0 fully saturated rings. The molecule has 1 N–H and O–H groups in total. The lowest BCUT2D eigenvalue weighted by atomic mass is 10.1. The number of halogens is 2. The van der Waals surface area contributed by atoms with Gasteiger partial charge in [-0.25, -0.2) is 0 Å². The summed E-state index contributed by atoms with van der Waals surface area (Å²) in [6.45, 7) is 2.42.